The lowest BCUT2D eigenvalue weighted by molar-refractivity contribution is 0.0944. The predicted octanol–water partition coefficient (Wildman–Crippen LogP) is -2.41. The molecule has 0 atom stereocenters. The van der Waals surface area contributed by atoms with Crippen LogP contribution in [0.5, 0.6) is 0 Å². The van der Waals surface area contributed by atoms with Crippen molar-refractivity contribution >= 4 is 16.1 Å². The summed E-state index contributed by atoms with van der Waals surface area (Å²) in [5, 5.41) is 13.5. The van der Waals surface area contributed by atoms with Gasteiger partial charge < -0.3 is 5.32 Å². The second-order valence-electron chi connectivity index (χ2n) is 2.49. The van der Waals surface area contributed by atoms with Crippen molar-refractivity contribution in [2.45, 2.75) is 0 Å². The monoisotopic (exact) mass is 235 g/mol. The maximum atomic E-state index is 11.1. The fourth-order valence-electron chi connectivity index (χ4n) is 0.725. The molecule has 1 rings (SSSR count). The van der Waals surface area contributed by atoms with Crippen LogP contribution in [0.25, 0.3) is 0 Å². The van der Waals surface area contributed by atoms with E-state index in [0.717, 1.165) is 6.20 Å². The van der Waals surface area contributed by atoms with E-state index in [2.05, 4.69) is 25.4 Å². The molecule has 0 fully saturated rings. The van der Waals surface area contributed by atoms with E-state index in [4.69, 9.17) is 0 Å². The first-order valence-corrected chi connectivity index (χ1v) is 5.37. The number of hydrogen-bond donors (Lipinski definition) is 3. The van der Waals surface area contributed by atoms with Crippen molar-refractivity contribution in [3.63, 3.8) is 0 Å². The summed E-state index contributed by atoms with van der Waals surface area (Å²) >= 11 is 0. The molecule has 9 nitrogen and oxygen atoms in total. The van der Waals surface area contributed by atoms with E-state index in [1.54, 1.807) is 0 Å². The normalized spacial score (nSPS) is 11.3. The van der Waals surface area contributed by atoms with Crippen LogP contribution < -0.4 is 15.2 Å². The highest BCUT2D eigenvalue weighted by Crippen LogP contribution is 1.88. The number of carbonyl (C=O) groups is 1. The fourth-order valence-corrected chi connectivity index (χ4v) is 1.11. The minimum Gasteiger partial charge on any atom is -0.349 e. The topological polar surface area (TPSA) is 140 Å². The van der Waals surface area contributed by atoms with Crippen molar-refractivity contribution in [1.82, 2.24) is 20.4 Å². The Morgan fingerprint density at radius 3 is 2.80 bits per heavy atom. The molecule has 4 N–H and O–H groups in total. The number of nitrogens with zero attached hydrogens (tertiary/aromatic N) is 2. The molecule has 1 aromatic heterocycles. The van der Waals surface area contributed by atoms with E-state index >= 15 is 0 Å². The van der Waals surface area contributed by atoms with Gasteiger partial charge in [-0.3, -0.25) is 4.79 Å². The Morgan fingerprint density at radius 1 is 1.53 bits per heavy atom. The summed E-state index contributed by atoms with van der Waals surface area (Å²) in [7, 11) is -3.72. The predicted molar refractivity (Wildman–Crippen MR) is 47.7 cm³/mol. The Labute approximate surface area is 85.2 Å². The summed E-state index contributed by atoms with van der Waals surface area (Å²) < 4.78 is 27.0. The largest absolute Gasteiger partial charge is 0.349 e. The van der Waals surface area contributed by atoms with Gasteiger partial charge in [-0.25, -0.2) is 14.5 Å². The first-order valence-electron chi connectivity index (χ1n) is 3.82. The Hall–Kier alpha value is -1.52. The van der Waals surface area contributed by atoms with E-state index in [-0.39, 0.29) is 18.8 Å². The Bertz CT molecular complexity index is 413. The molecule has 0 radical (unpaired) electrons. The highest BCUT2D eigenvalue weighted by atomic mass is 32.2. The number of hydrogen-bond acceptors (Lipinski definition) is 6. The van der Waals surface area contributed by atoms with Crippen LogP contribution in [-0.4, -0.2) is 37.7 Å². The second kappa shape index (κ2) is 4.82. The van der Waals surface area contributed by atoms with E-state index in [9.17, 15) is 13.2 Å². The summed E-state index contributed by atoms with van der Waals surface area (Å²) in [6.45, 7) is 0.0813. The Balaban J connectivity index is 2.24. The van der Waals surface area contributed by atoms with Crippen molar-refractivity contribution in [2.75, 3.05) is 13.1 Å². The summed E-state index contributed by atoms with van der Waals surface area (Å²) in [4.78, 5) is 11.1. The van der Waals surface area contributed by atoms with Crippen LogP contribution >= 0.6 is 0 Å². The van der Waals surface area contributed by atoms with Crippen LogP contribution in [0.15, 0.2) is 10.8 Å². The van der Waals surface area contributed by atoms with Gasteiger partial charge in [0.05, 0.1) is 0 Å². The molecule has 0 bridgehead atoms. The van der Waals surface area contributed by atoms with Crippen LogP contribution in [0.2, 0.25) is 0 Å². The van der Waals surface area contributed by atoms with Crippen LogP contribution in [-0.2, 0) is 10.2 Å². The molecule has 1 aromatic rings. The zero-order valence-electron chi connectivity index (χ0n) is 7.50. The van der Waals surface area contributed by atoms with Crippen molar-refractivity contribution < 1.29 is 17.8 Å². The lowest BCUT2D eigenvalue weighted by atomic mass is 10.4. The summed E-state index contributed by atoms with van der Waals surface area (Å²) in [5.74, 6) is -0.507. The molecule has 10 heteroatoms. The van der Waals surface area contributed by atoms with Gasteiger partial charge in [-0.2, -0.15) is 8.42 Å². The van der Waals surface area contributed by atoms with Gasteiger partial charge in [-0.05, 0) is 5.16 Å². The molecule has 0 aromatic carbocycles. The van der Waals surface area contributed by atoms with Crippen molar-refractivity contribution in [3.05, 3.63) is 11.9 Å². The third kappa shape index (κ3) is 4.49. The second-order valence-corrected chi connectivity index (χ2v) is 3.87. The molecule has 0 aliphatic heterocycles. The zero-order valence-corrected chi connectivity index (χ0v) is 8.32. The zero-order chi connectivity index (χ0) is 11.3. The molecule has 0 aliphatic rings. The third-order valence-corrected chi connectivity index (χ3v) is 1.91. The molecule has 1 amide bonds. The Morgan fingerprint density at radius 2 is 2.27 bits per heavy atom. The molecule has 0 saturated carbocycles. The molecule has 84 valence electrons. The summed E-state index contributed by atoms with van der Waals surface area (Å²) in [5.41, 5.74) is 0.0191. The summed E-state index contributed by atoms with van der Waals surface area (Å²) in [6, 6.07) is 0. The van der Waals surface area contributed by atoms with Crippen LogP contribution in [0, 0.1) is 0 Å². The van der Waals surface area contributed by atoms with Gasteiger partial charge in [0.15, 0.2) is 5.69 Å². The van der Waals surface area contributed by atoms with Gasteiger partial charge in [-0.1, -0.05) is 5.16 Å². The average molecular weight is 235 g/mol. The minimum atomic E-state index is -3.72. The van der Waals surface area contributed by atoms with Crippen molar-refractivity contribution in [3.8, 4) is 0 Å². The number of nitrogens with one attached hydrogen (secondary N) is 2. The quantitative estimate of drug-likeness (QED) is 0.485. The fraction of sp³-hybridized carbons (Fsp3) is 0.400. The van der Waals surface area contributed by atoms with Gasteiger partial charge >= 0.3 is 0 Å². The van der Waals surface area contributed by atoms with E-state index in [1.807, 2.05) is 4.72 Å². The SMILES string of the molecule is NS(=O)(=O)NCCNC(=O)c1cnon1. The highest BCUT2D eigenvalue weighted by Gasteiger charge is 2.08. The first-order chi connectivity index (χ1) is 6.99. The third-order valence-electron chi connectivity index (χ3n) is 1.31. The number of carbonyl (C=O) groups excluding carboxylic acids is 1. The Kier molecular flexibility index (Phi) is 3.71. The molecular weight excluding hydrogens is 226 g/mol. The average Bonchev–Trinajstić information content (AvgIpc) is 2.63. The number of nitrogens with two attached hydrogens (primary N) is 1. The van der Waals surface area contributed by atoms with Crippen LogP contribution in [0.3, 0.4) is 0 Å². The first kappa shape index (κ1) is 11.6. The number of amides is 1. The van der Waals surface area contributed by atoms with Gasteiger partial charge in [0, 0.05) is 13.1 Å². The molecule has 0 saturated heterocycles. The highest BCUT2D eigenvalue weighted by molar-refractivity contribution is 7.87. The minimum absolute atomic E-state index is 0.00411. The van der Waals surface area contributed by atoms with Gasteiger partial charge in [0.25, 0.3) is 16.1 Å². The lowest BCUT2D eigenvalue weighted by Gasteiger charge is -2.02. The number of aromatic nitrogens is 2. The van der Waals surface area contributed by atoms with Gasteiger partial charge in [0.1, 0.15) is 6.20 Å². The maximum Gasteiger partial charge on any atom is 0.275 e. The summed E-state index contributed by atoms with van der Waals surface area (Å²) in [6.07, 6.45) is 1.14. The molecular formula is C5H9N5O4S. The van der Waals surface area contributed by atoms with Crippen molar-refractivity contribution in [1.29, 1.82) is 0 Å². The standard InChI is InChI=1S/C5H9N5O4S/c6-15(12,13)9-2-1-7-5(11)4-3-8-14-10-4/h3,9H,1-2H2,(H,7,11)(H2,6,12,13). The number of rotatable bonds is 5. The van der Waals surface area contributed by atoms with Crippen molar-refractivity contribution in [2.24, 2.45) is 5.14 Å². The smallest absolute Gasteiger partial charge is 0.275 e. The van der Waals surface area contributed by atoms with Gasteiger partial charge in [-0.15, -0.1) is 0 Å². The molecule has 1 heterocycles. The van der Waals surface area contributed by atoms with Gasteiger partial charge in [0.2, 0.25) is 0 Å². The molecule has 15 heavy (non-hydrogen) atoms. The van der Waals surface area contributed by atoms with E-state index in [1.165, 1.54) is 0 Å². The molecule has 0 spiro atoms. The molecule has 0 unspecified atom stereocenters. The molecule has 0 aliphatic carbocycles. The lowest BCUT2D eigenvalue weighted by Crippen LogP contribution is -2.37. The van der Waals surface area contributed by atoms with E-state index in [0.29, 0.717) is 0 Å². The van der Waals surface area contributed by atoms with Crippen LogP contribution in [0.4, 0.5) is 0 Å². The maximum absolute atomic E-state index is 11.1. The van der Waals surface area contributed by atoms with Crippen LogP contribution in [0.1, 0.15) is 10.5 Å². The van der Waals surface area contributed by atoms with E-state index < -0.39 is 16.1 Å².